The normalized spacial score (nSPS) is 20.1. The third kappa shape index (κ3) is 11.5. The van der Waals surface area contributed by atoms with Crippen LogP contribution in [0.5, 0.6) is 11.5 Å². The number of esters is 2. The zero-order chi connectivity index (χ0) is 42.6. The maximum absolute atomic E-state index is 14.1. The van der Waals surface area contributed by atoms with E-state index in [0.717, 1.165) is 5.56 Å². The van der Waals surface area contributed by atoms with Crippen molar-refractivity contribution < 1.29 is 47.3 Å². The Kier molecular flexibility index (Phi) is 15.4. The first-order chi connectivity index (χ1) is 25.6. The lowest BCUT2D eigenvalue weighted by molar-refractivity contribution is -0.206. The van der Waals surface area contributed by atoms with Gasteiger partial charge in [-0.15, -0.1) is 0 Å². The van der Waals surface area contributed by atoms with Crippen molar-refractivity contribution >= 4 is 34.4 Å². The Hall–Kier alpha value is -3.04. The van der Waals surface area contributed by atoms with Crippen LogP contribution in [0.15, 0.2) is 36.4 Å². The predicted molar refractivity (Wildman–Crippen MR) is 225 cm³/mol. The fraction of sp³-hybridized carbons (Fsp3) is 0.659. The van der Waals surface area contributed by atoms with E-state index in [4.69, 9.17) is 27.8 Å². The van der Waals surface area contributed by atoms with Crippen LogP contribution >= 0.6 is 0 Å². The van der Waals surface area contributed by atoms with Crippen molar-refractivity contribution in [3.8, 4) is 11.5 Å². The van der Waals surface area contributed by atoms with E-state index >= 15 is 0 Å². The fourth-order valence-electron chi connectivity index (χ4n) is 6.29. The molecule has 1 N–H and O–H groups in total. The first-order valence-electron chi connectivity index (χ1n) is 19.9. The van der Waals surface area contributed by atoms with Crippen LogP contribution in [0, 0.1) is 18.3 Å². The summed E-state index contributed by atoms with van der Waals surface area (Å²) in [6, 6.07) is 11.6. The average molecular weight is 815 g/mol. The molecule has 0 amide bonds. The van der Waals surface area contributed by atoms with Gasteiger partial charge in [-0.1, -0.05) is 92.6 Å². The molecule has 0 aliphatic carbocycles. The van der Waals surface area contributed by atoms with Crippen molar-refractivity contribution in [3.63, 3.8) is 0 Å². The van der Waals surface area contributed by atoms with Gasteiger partial charge >= 0.3 is 11.9 Å². The molecule has 5 atom stereocenters. The van der Waals surface area contributed by atoms with Crippen LogP contribution in [0.25, 0.3) is 0 Å². The standard InChI is InChI=1S/C44H70O10Si2/c1-28-33(40(41(48)49-12)37(54-56(15,16)43(7,8)9)25-36(28)53-55(13,14)42(4,5)6)23-34(46)29(2)35(47)24-39-44(10,11)38(51-30(3)45)22-32(52-39)27-50-26-31-20-18-17-19-21-31/h17-21,25,29,32,34,38-39,46H,22-24,26-27H2,1-16H3/t29-,32-,34+,38+,39+/m0/s1. The zero-order valence-corrected chi connectivity index (χ0v) is 39.0. The molecule has 0 spiro atoms. The third-order valence-electron chi connectivity index (χ3n) is 12.5. The van der Waals surface area contributed by atoms with Gasteiger partial charge in [0.25, 0.3) is 8.32 Å². The molecule has 1 aliphatic heterocycles. The van der Waals surface area contributed by atoms with E-state index in [2.05, 4.69) is 67.7 Å². The van der Waals surface area contributed by atoms with Gasteiger partial charge in [0.2, 0.25) is 8.32 Å². The third-order valence-corrected chi connectivity index (χ3v) is 21.2. The largest absolute Gasteiger partial charge is 0.543 e. The number of Topliss-reactive ketones (excluding diaryl/α,β-unsaturated/α-hetero) is 1. The fourth-order valence-corrected chi connectivity index (χ4v) is 8.38. The van der Waals surface area contributed by atoms with Gasteiger partial charge in [0.1, 0.15) is 28.9 Å². The number of aliphatic hydroxyl groups excluding tert-OH is 1. The topological polar surface area (TPSA) is 127 Å². The zero-order valence-electron chi connectivity index (χ0n) is 37.0. The summed E-state index contributed by atoms with van der Waals surface area (Å²) in [5, 5.41) is 11.6. The van der Waals surface area contributed by atoms with Crippen LogP contribution in [-0.2, 0) is 41.6 Å². The van der Waals surface area contributed by atoms with Gasteiger partial charge in [0.15, 0.2) is 0 Å². The second-order valence-electron chi connectivity index (χ2n) is 19.2. The second-order valence-corrected chi connectivity index (χ2v) is 28.7. The summed E-state index contributed by atoms with van der Waals surface area (Å²) in [5.41, 5.74) is 1.76. The van der Waals surface area contributed by atoms with Crippen molar-refractivity contribution in [2.24, 2.45) is 11.3 Å². The van der Waals surface area contributed by atoms with Gasteiger partial charge in [-0.05, 0) is 59.9 Å². The lowest BCUT2D eigenvalue weighted by atomic mass is 9.73. The number of carbonyl (C=O) groups excluding carboxylic acids is 3. The van der Waals surface area contributed by atoms with Crippen LogP contribution in [0.4, 0.5) is 0 Å². The minimum Gasteiger partial charge on any atom is -0.543 e. The summed E-state index contributed by atoms with van der Waals surface area (Å²) in [7, 11) is -3.52. The summed E-state index contributed by atoms with van der Waals surface area (Å²) in [6.07, 6.45) is -2.33. The van der Waals surface area contributed by atoms with Gasteiger partial charge < -0.3 is 32.9 Å². The molecule has 314 valence electrons. The van der Waals surface area contributed by atoms with Crippen LogP contribution in [0.1, 0.15) is 109 Å². The van der Waals surface area contributed by atoms with Gasteiger partial charge in [0, 0.05) is 43.6 Å². The van der Waals surface area contributed by atoms with Crippen molar-refractivity contribution in [1.82, 2.24) is 0 Å². The van der Waals surface area contributed by atoms with E-state index in [1.807, 2.05) is 57.2 Å². The summed E-state index contributed by atoms with van der Waals surface area (Å²) in [5.74, 6) is -1.10. The van der Waals surface area contributed by atoms with E-state index in [9.17, 15) is 19.5 Å². The predicted octanol–water partition coefficient (Wildman–Crippen LogP) is 9.38. The maximum atomic E-state index is 14.1. The van der Waals surface area contributed by atoms with Crippen molar-refractivity contribution in [1.29, 1.82) is 0 Å². The van der Waals surface area contributed by atoms with E-state index < -0.39 is 64.3 Å². The monoisotopic (exact) mass is 814 g/mol. The number of aliphatic hydroxyl groups is 1. The number of hydrogen-bond donors (Lipinski definition) is 1. The molecule has 1 heterocycles. The van der Waals surface area contributed by atoms with Crippen LogP contribution in [-0.4, -0.2) is 77.6 Å². The van der Waals surface area contributed by atoms with E-state index in [-0.39, 0.29) is 40.9 Å². The molecule has 1 aliphatic rings. The van der Waals surface area contributed by atoms with E-state index in [1.54, 1.807) is 6.92 Å². The van der Waals surface area contributed by atoms with E-state index in [0.29, 0.717) is 35.7 Å². The molecule has 12 heteroatoms. The van der Waals surface area contributed by atoms with Gasteiger partial charge in [0.05, 0.1) is 38.6 Å². The Labute approximate surface area is 338 Å². The molecule has 2 aromatic rings. The Bertz CT molecular complexity index is 1670. The molecule has 10 nitrogen and oxygen atoms in total. The highest BCUT2D eigenvalue weighted by molar-refractivity contribution is 6.75. The van der Waals surface area contributed by atoms with Crippen molar-refractivity contribution in [3.05, 3.63) is 58.7 Å². The SMILES string of the molecule is COC(=O)c1c(O[Si](C)(C)C(C)(C)C)cc(O[Si](C)(C)C(C)(C)C)c(C)c1C[C@@H](O)[C@H](C)C(=O)C[C@H]1O[C@H](COCc2ccccc2)C[C@@H](OC(C)=O)C1(C)C. The lowest BCUT2D eigenvalue weighted by Crippen LogP contribution is -2.54. The van der Waals surface area contributed by atoms with Crippen molar-refractivity contribution in [2.75, 3.05) is 13.7 Å². The van der Waals surface area contributed by atoms with Crippen LogP contribution < -0.4 is 8.85 Å². The summed E-state index contributed by atoms with van der Waals surface area (Å²) in [4.78, 5) is 40.0. The lowest BCUT2D eigenvalue weighted by Gasteiger charge is -2.47. The Morgan fingerprint density at radius 2 is 1.50 bits per heavy atom. The van der Waals surface area contributed by atoms with Gasteiger partial charge in [-0.25, -0.2) is 4.79 Å². The summed E-state index contributed by atoms with van der Waals surface area (Å²) >= 11 is 0. The molecule has 0 aromatic heterocycles. The molecule has 1 fully saturated rings. The summed E-state index contributed by atoms with van der Waals surface area (Å²) in [6.45, 7) is 30.9. The molecule has 2 aromatic carbocycles. The van der Waals surface area contributed by atoms with Gasteiger partial charge in [-0.3, -0.25) is 9.59 Å². The molecule has 0 radical (unpaired) electrons. The number of rotatable bonds is 16. The first-order valence-corrected chi connectivity index (χ1v) is 25.7. The highest BCUT2D eigenvalue weighted by Crippen LogP contribution is 2.45. The van der Waals surface area contributed by atoms with Crippen LogP contribution in [0.2, 0.25) is 36.3 Å². The summed E-state index contributed by atoms with van der Waals surface area (Å²) < 4.78 is 37.4. The smallest absolute Gasteiger partial charge is 0.341 e. The number of benzene rings is 2. The highest BCUT2D eigenvalue weighted by atomic mass is 28.4. The molecule has 0 bridgehead atoms. The number of hydrogen-bond acceptors (Lipinski definition) is 10. The Morgan fingerprint density at radius 1 is 0.946 bits per heavy atom. The molecule has 3 rings (SSSR count). The highest BCUT2D eigenvalue weighted by Gasteiger charge is 2.48. The first kappa shape index (κ1) is 47.3. The number of methoxy groups -OCH3 is 1. The number of carbonyl (C=O) groups is 3. The quantitative estimate of drug-likeness (QED) is 0.129. The molecule has 1 saturated heterocycles. The van der Waals surface area contributed by atoms with Gasteiger partial charge in [-0.2, -0.15) is 0 Å². The molecular formula is C44H70O10Si2. The number of ether oxygens (including phenoxy) is 4. The minimum atomic E-state index is -2.48. The molecule has 56 heavy (non-hydrogen) atoms. The molecule has 0 unspecified atom stereocenters. The Morgan fingerprint density at radius 3 is 2.02 bits per heavy atom. The maximum Gasteiger partial charge on any atom is 0.341 e. The Balaban J connectivity index is 1.98. The molecule has 0 saturated carbocycles. The van der Waals surface area contributed by atoms with Crippen LogP contribution in [0.3, 0.4) is 0 Å². The van der Waals surface area contributed by atoms with Crippen molar-refractivity contribution in [2.45, 2.75) is 163 Å². The minimum absolute atomic E-state index is 0.0186. The number of ketones is 1. The second kappa shape index (κ2) is 18.3. The average Bonchev–Trinajstić information content (AvgIpc) is 3.07. The molecular weight excluding hydrogens is 745 g/mol. The van der Waals surface area contributed by atoms with E-state index in [1.165, 1.54) is 14.0 Å².